The normalized spacial score (nSPS) is 15.5. The third-order valence-electron chi connectivity index (χ3n) is 5.87. The van der Waals surface area contributed by atoms with E-state index in [0.29, 0.717) is 5.92 Å². The Bertz CT molecular complexity index is 1050. The average Bonchev–Trinajstić information content (AvgIpc) is 3.12. The summed E-state index contributed by atoms with van der Waals surface area (Å²) in [5, 5.41) is 0. The number of hydrogen-bond donors (Lipinski definition) is 1. The van der Waals surface area contributed by atoms with E-state index in [1.807, 2.05) is 12.1 Å². The van der Waals surface area contributed by atoms with Crippen LogP contribution >= 0.6 is 11.3 Å². The number of aromatic nitrogens is 1. The number of halogens is 3. The zero-order valence-corrected chi connectivity index (χ0v) is 17.9. The number of hydrogen-bond acceptors (Lipinski definition) is 4. The van der Waals surface area contributed by atoms with Crippen molar-refractivity contribution in [3.05, 3.63) is 57.7 Å². The Kier molecular flexibility index (Phi) is 6.55. The predicted molar refractivity (Wildman–Crippen MR) is 118 cm³/mol. The first-order chi connectivity index (χ1) is 14.9. The van der Waals surface area contributed by atoms with Gasteiger partial charge in [0, 0.05) is 13.1 Å². The minimum atomic E-state index is -4.65. The highest BCUT2D eigenvalue weighted by atomic mass is 32.1. The van der Waals surface area contributed by atoms with E-state index in [-0.39, 0.29) is 10.6 Å². The lowest BCUT2D eigenvalue weighted by molar-refractivity contribution is -0.274. The smallest absolute Gasteiger partial charge is 0.406 e. The summed E-state index contributed by atoms with van der Waals surface area (Å²) >= 11 is 1.25. The van der Waals surface area contributed by atoms with Crippen molar-refractivity contribution in [2.75, 3.05) is 18.0 Å². The van der Waals surface area contributed by atoms with Crippen molar-refractivity contribution in [2.24, 2.45) is 5.92 Å². The molecular formula is C23H25F3N2O2S. The molecule has 0 saturated carbocycles. The monoisotopic (exact) mass is 450 g/mol. The van der Waals surface area contributed by atoms with Crippen molar-refractivity contribution in [1.29, 1.82) is 0 Å². The second-order valence-electron chi connectivity index (χ2n) is 8.03. The van der Waals surface area contributed by atoms with Gasteiger partial charge in [0.1, 0.15) is 5.75 Å². The maximum absolute atomic E-state index is 12.2. The molecule has 2 heterocycles. The van der Waals surface area contributed by atoms with Gasteiger partial charge in [-0.1, -0.05) is 42.4 Å². The lowest BCUT2D eigenvalue weighted by atomic mass is 9.90. The SMILES string of the molecule is O=c1[nH]c2c(N3CCC(CCCCc4ccc(OC(F)(F)F)cc4)CC3)cccc2s1. The van der Waals surface area contributed by atoms with Crippen molar-refractivity contribution in [3.63, 3.8) is 0 Å². The van der Waals surface area contributed by atoms with E-state index in [2.05, 4.69) is 20.7 Å². The number of ether oxygens (including phenoxy) is 1. The number of fused-ring (bicyclic) bond motifs is 1. The summed E-state index contributed by atoms with van der Waals surface area (Å²) in [7, 11) is 0. The summed E-state index contributed by atoms with van der Waals surface area (Å²) in [5.74, 6) is 0.518. The molecule has 0 bridgehead atoms. The van der Waals surface area contributed by atoms with E-state index in [1.54, 1.807) is 12.1 Å². The molecule has 0 aliphatic carbocycles. The van der Waals surface area contributed by atoms with Gasteiger partial charge in [0.2, 0.25) is 0 Å². The van der Waals surface area contributed by atoms with Crippen LogP contribution in [0.1, 0.15) is 37.7 Å². The molecule has 0 unspecified atom stereocenters. The van der Waals surface area contributed by atoms with Gasteiger partial charge in [0.05, 0.1) is 15.9 Å². The molecule has 1 aliphatic rings. The van der Waals surface area contributed by atoms with Crippen LogP contribution in [0.4, 0.5) is 18.9 Å². The molecule has 3 aromatic rings. The molecule has 1 fully saturated rings. The van der Waals surface area contributed by atoms with Gasteiger partial charge < -0.3 is 14.6 Å². The number of aromatic amines is 1. The number of aryl methyl sites for hydroxylation is 1. The summed E-state index contributed by atoms with van der Waals surface area (Å²) in [6, 6.07) is 12.2. The standard InChI is InChI=1S/C23H25F3N2O2S/c24-23(25,26)30-18-10-8-16(9-11-18)4-1-2-5-17-12-14-28(15-13-17)19-6-3-7-20-21(19)27-22(29)31-20/h3,6-11,17H,1-2,4-5,12-15H2,(H,27,29). The fraction of sp³-hybridized carbons (Fsp3) is 0.435. The number of H-pyrrole nitrogens is 1. The molecule has 1 aliphatic heterocycles. The van der Waals surface area contributed by atoms with E-state index >= 15 is 0 Å². The van der Waals surface area contributed by atoms with Crippen LogP contribution < -0.4 is 14.5 Å². The molecule has 1 saturated heterocycles. The molecule has 1 N–H and O–H groups in total. The Morgan fingerprint density at radius 1 is 1.06 bits per heavy atom. The fourth-order valence-corrected chi connectivity index (χ4v) is 5.06. The van der Waals surface area contributed by atoms with E-state index in [4.69, 9.17) is 0 Å². The second-order valence-corrected chi connectivity index (χ2v) is 9.05. The van der Waals surface area contributed by atoms with Crippen LogP contribution in [-0.2, 0) is 6.42 Å². The number of alkyl halides is 3. The zero-order chi connectivity index (χ0) is 21.8. The summed E-state index contributed by atoms with van der Waals surface area (Å²) in [5.41, 5.74) is 3.09. The predicted octanol–water partition coefficient (Wildman–Crippen LogP) is 6.12. The van der Waals surface area contributed by atoms with Gasteiger partial charge in [-0.2, -0.15) is 0 Å². The van der Waals surface area contributed by atoms with Crippen LogP contribution in [0.2, 0.25) is 0 Å². The lowest BCUT2D eigenvalue weighted by Crippen LogP contribution is -2.33. The highest BCUT2D eigenvalue weighted by molar-refractivity contribution is 7.16. The minimum absolute atomic E-state index is 0.0140. The molecule has 166 valence electrons. The molecule has 2 aromatic carbocycles. The Morgan fingerprint density at radius 2 is 1.81 bits per heavy atom. The molecule has 0 amide bonds. The van der Waals surface area contributed by atoms with Crippen LogP contribution in [0.3, 0.4) is 0 Å². The molecule has 0 atom stereocenters. The van der Waals surface area contributed by atoms with Crippen LogP contribution in [0, 0.1) is 5.92 Å². The first-order valence-corrected chi connectivity index (χ1v) is 11.4. The van der Waals surface area contributed by atoms with Crippen LogP contribution in [0.15, 0.2) is 47.3 Å². The second kappa shape index (κ2) is 9.34. The topological polar surface area (TPSA) is 45.3 Å². The molecule has 4 rings (SSSR count). The number of benzene rings is 2. The molecule has 1 aromatic heterocycles. The number of rotatable bonds is 7. The molecule has 4 nitrogen and oxygen atoms in total. The summed E-state index contributed by atoms with van der Waals surface area (Å²) in [6.07, 6.45) is 1.78. The highest BCUT2D eigenvalue weighted by Gasteiger charge is 2.31. The molecule has 31 heavy (non-hydrogen) atoms. The summed E-state index contributed by atoms with van der Waals surface area (Å²) in [4.78, 5) is 17.0. The number of anilines is 1. The third kappa shape index (κ3) is 5.81. The van der Waals surface area contributed by atoms with E-state index in [1.165, 1.54) is 29.9 Å². The third-order valence-corrected chi connectivity index (χ3v) is 6.72. The maximum Gasteiger partial charge on any atom is 0.573 e. The first kappa shape index (κ1) is 21.7. The van der Waals surface area contributed by atoms with Gasteiger partial charge in [-0.15, -0.1) is 13.2 Å². The van der Waals surface area contributed by atoms with Crippen molar-refractivity contribution in [2.45, 2.75) is 44.9 Å². The Hall–Kier alpha value is -2.48. The number of nitrogens with one attached hydrogen (secondary N) is 1. The van der Waals surface area contributed by atoms with Crippen molar-refractivity contribution in [3.8, 4) is 5.75 Å². The minimum Gasteiger partial charge on any atom is -0.406 e. The van der Waals surface area contributed by atoms with E-state index in [9.17, 15) is 18.0 Å². The number of nitrogens with zero attached hydrogens (tertiary/aromatic N) is 1. The number of para-hydroxylation sites is 1. The van der Waals surface area contributed by atoms with Crippen molar-refractivity contribution < 1.29 is 17.9 Å². The van der Waals surface area contributed by atoms with Gasteiger partial charge in [-0.25, -0.2) is 0 Å². The molecule has 0 spiro atoms. The summed E-state index contributed by atoms with van der Waals surface area (Å²) in [6.45, 7) is 1.98. The van der Waals surface area contributed by atoms with Crippen molar-refractivity contribution in [1.82, 2.24) is 4.98 Å². The van der Waals surface area contributed by atoms with E-state index in [0.717, 1.165) is 66.7 Å². The van der Waals surface area contributed by atoms with Gasteiger partial charge in [0.25, 0.3) is 0 Å². The largest absolute Gasteiger partial charge is 0.573 e. The first-order valence-electron chi connectivity index (χ1n) is 10.6. The van der Waals surface area contributed by atoms with Crippen molar-refractivity contribution >= 4 is 27.2 Å². The van der Waals surface area contributed by atoms with Gasteiger partial charge >= 0.3 is 11.2 Å². The quantitative estimate of drug-likeness (QED) is 0.441. The number of unbranched alkanes of at least 4 members (excludes halogenated alkanes) is 1. The van der Waals surface area contributed by atoms with Crippen LogP contribution in [-0.4, -0.2) is 24.4 Å². The maximum atomic E-state index is 12.2. The average molecular weight is 451 g/mol. The van der Waals surface area contributed by atoms with Gasteiger partial charge in [-0.05, 0) is 61.4 Å². The zero-order valence-electron chi connectivity index (χ0n) is 17.1. The van der Waals surface area contributed by atoms with Gasteiger partial charge in [-0.3, -0.25) is 4.79 Å². The molecular weight excluding hydrogens is 425 g/mol. The molecule has 0 radical (unpaired) electrons. The Balaban J connectivity index is 1.20. The van der Waals surface area contributed by atoms with Crippen LogP contribution in [0.5, 0.6) is 5.75 Å². The number of piperidine rings is 1. The lowest BCUT2D eigenvalue weighted by Gasteiger charge is -2.34. The summed E-state index contributed by atoms with van der Waals surface area (Å²) < 4.78 is 41.6. The number of thiazole rings is 1. The Labute approximate surface area is 182 Å². The molecule has 8 heteroatoms. The van der Waals surface area contributed by atoms with Crippen LogP contribution in [0.25, 0.3) is 10.2 Å². The Morgan fingerprint density at radius 3 is 2.52 bits per heavy atom. The fourth-order valence-electron chi connectivity index (χ4n) is 4.30. The highest BCUT2D eigenvalue weighted by Crippen LogP contribution is 2.31. The van der Waals surface area contributed by atoms with Gasteiger partial charge in [0.15, 0.2) is 0 Å². The van der Waals surface area contributed by atoms with E-state index < -0.39 is 6.36 Å².